The highest BCUT2D eigenvalue weighted by molar-refractivity contribution is 6.01. The van der Waals surface area contributed by atoms with Gasteiger partial charge in [-0.25, -0.2) is 4.98 Å². The molecule has 1 aromatic carbocycles. The van der Waals surface area contributed by atoms with Crippen LogP contribution in [0.1, 0.15) is 30.9 Å². The molecule has 0 atom stereocenters. The van der Waals surface area contributed by atoms with E-state index in [1.807, 2.05) is 40.9 Å². The van der Waals surface area contributed by atoms with Crippen LogP contribution in [-0.2, 0) is 4.79 Å². The van der Waals surface area contributed by atoms with Gasteiger partial charge in [0.05, 0.1) is 6.20 Å². The van der Waals surface area contributed by atoms with Gasteiger partial charge in [-0.1, -0.05) is 44.2 Å². The Hall–Kier alpha value is -2.88. The minimum atomic E-state index is -0.193. The quantitative estimate of drug-likeness (QED) is 0.737. The van der Waals surface area contributed by atoms with E-state index in [-0.39, 0.29) is 5.91 Å². The van der Waals surface area contributed by atoms with Gasteiger partial charge in [0.15, 0.2) is 5.82 Å². The largest absolute Gasteiger partial charge is 0.306 e. The molecule has 1 N–H and O–H groups in total. The van der Waals surface area contributed by atoms with Crippen LogP contribution in [0, 0.1) is 0 Å². The van der Waals surface area contributed by atoms with E-state index >= 15 is 0 Å². The Labute approximate surface area is 135 Å². The van der Waals surface area contributed by atoms with E-state index in [4.69, 9.17) is 0 Å². The molecule has 116 valence electrons. The number of carbonyl (C=O) groups is 1. The standard InChI is InChI=1S/C19H19N3O/c1-14(2)16-9-6-15(7-10-16)8-11-19(23)21-17-13-22-12-4-3-5-18(22)20-17/h3-14H,1-2H3,(H,21,23)/b11-8+. The third-order valence-corrected chi connectivity index (χ3v) is 3.65. The van der Waals surface area contributed by atoms with Crippen LogP contribution < -0.4 is 5.32 Å². The first kappa shape index (κ1) is 15.0. The minimum Gasteiger partial charge on any atom is -0.306 e. The molecule has 0 spiro atoms. The molecule has 0 unspecified atom stereocenters. The monoisotopic (exact) mass is 305 g/mol. The van der Waals surface area contributed by atoms with E-state index in [1.54, 1.807) is 12.3 Å². The van der Waals surface area contributed by atoms with Gasteiger partial charge in [-0.05, 0) is 35.3 Å². The van der Waals surface area contributed by atoms with Crippen LogP contribution >= 0.6 is 0 Å². The molecule has 23 heavy (non-hydrogen) atoms. The van der Waals surface area contributed by atoms with Crippen molar-refractivity contribution in [1.29, 1.82) is 0 Å². The van der Waals surface area contributed by atoms with E-state index < -0.39 is 0 Å². The smallest absolute Gasteiger partial charge is 0.249 e. The molecule has 0 bridgehead atoms. The maximum Gasteiger partial charge on any atom is 0.249 e. The van der Waals surface area contributed by atoms with Crippen molar-refractivity contribution < 1.29 is 4.79 Å². The third kappa shape index (κ3) is 3.66. The lowest BCUT2D eigenvalue weighted by Crippen LogP contribution is -2.07. The first-order valence-corrected chi connectivity index (χ1v) is 7.64. The van der Waals surface area contributed by atoms with Gasteiger partial charge in [0.1, 0.15) is 5.65 Å². The van der Waals surface area contributed by atoms with Crippen molar-refractivity contribution in [1.82, 2.24) is 9.38 Å². The molecule has 3 rings (SSSR count). The number of imidazole rings is 1. The number of rotatable bonds is 4. The molecule has 0 aliphatic carbocycles. The number of aromatic nitrogens is 2. The van der Waals surface area contributed by atoms with Crippen molar-refractivity contribution in [3.8, 4) is 0 Å². The van der Waals surface area contributed by atoms with Crippen LogP contribution in [-0.4, -0.2) is 15.3 Å². The van der Waals surface area contributed by atoms with Gasteiger partial charge in [0.2, 0.25) is 5.91 Å². The number of fused-ring (bicyclic) bond motifs is 1. The molecule has 4 heteroatoms. The number of pyridine rings is 1. The fraction of sp³-hybridized carbons (Fsp3) is 0.158. The van der Waals surface area contributed by atoms with Gasteiger partial charge in [-0.3, -0.25) is 4.79 Å². The van der Waals surface area contributed by atoms with Gasteiger partial charge in [0.25, 0.3) is 0 Å². The van der Waals surface area contributed by atoms with Crippen molar-refractivity contribution >= 4 is 23.4 Å². The Kier molecular flexibility index (Phi) is 4.24. The molecular weight excluding hydrogens is 286 g/mol. The highest BCUT2D eigenvalue weighted by atomic mass is 16.1. The summed E-state index contributed by atoms with van der Waals surface area (Å²) in [6, 6.07) is 13.9. The van der Waals surface area contributed by atoms with Crippen molar-refractivity contribution in [2.45, 2.75) is 19.8 Å². The predicted octanol–water partition coefficient (Wildman–Crippen LogP) is 4.11. The Balaban J connectivity index is 1.66. The number of hydrogen-bond donors (Lipinski definition) is 1. The third-order valence-electron chi connectivity index (χ3n) is 3.65. The van der Waals surface area contributed by atoms with E-state index in [1.165, 1.54) is 11.6 Å². The summed E-state index contributed by atoms with van der Waals surface area (Å²) in [5.41, 5.74) is 3.09. The number of nitrogens with one attached hydrogen (secondary N) is 1. The second-order valence-electron chi connectivity index (χ2n) is 5.74. The number of carbonyl (C=O) groups excluding carboxylic acids is 1. The molecule has 0 aliphatic rings. The summed E-state index contributed by atoms with van der Waals surface area (Å²) in [7, 11) is 0. The lowest BCUT2D eigenvalue weighted by atomic mass is 10.0. The zero-order valence-electron chi connectivity index (χ0n) is 13.2. The first-order valence-electron chi connectivity index (χ1n) is 7.64. The topological polar surface area (TPSA) is 46.4 Å². The Morgan fingerprint density at radius 1 is 1.17 bits per heavy atom. The fourth-order valence-corrected chi connectivity index (χ4v) is 2.33. The van der Waals surface area contributed by atoms with E-state index in [0.29, 0.717) is 11.7 Å². The molecule has 0 aliphatic heterocycles. The number of hydrogen-bond acceptors (Lipinski definition) is 2. The summed E-state index contributed by atoms with van der Waals surface area (Å²) < 4.78 is 1.87. The van der Waals surface area contributed by atoms with Crippen LogP contribution in [0.4, 0.5) is 5.82 Å². The minimum absolute atomic E-state index is 0.193. The lowest BCUT2D eigenvalue weighted by Gasteiger charge is -2.04. The Morgan fingerprint density at radius 2 is 1.96 bits per heavy atom. The summed E-state index contributed by atoms with van der Waals surface area (Å²) in [6.07, 6.45) is 7.01. The fourth-order valence-electron chi connectivity index (χ4n) is 2.33. The molecule has 0 saturated heterocycles. The van der Waals surface area contributed by atoms with Crippen molar-refractivity contribution in [3.63, 3.8) is 0 Å². The molecule has 3 aromatic rings. The second kappa shape index (κ2) is 6.48. The van der Waals surface area contributed by atoms with Gasteiger partial charge >= 0.3 is 0 Å². The number of benzene rings is 1. The molecule has 0 saturated carbocycles. The maximum absolute atomic E-state index is 12.0. The number of nitrogens with zero attached hydrogens (tertiary/aromatic N) is 2. The van der Waals surface area contributed by atoms with Crippen molar-refractivity contribution in [3.05, 3.63) is 72.1 Å². The van der Waals surface area contributed by atoms with Crippen molar-refractivity contribution in [2.24, 2.45) is 0 Å². The summed E-state index contributed by atoms with van der Waals surface area (Å²) in [5.74, 6) is 0.855. The van der Waals surface area contributed by atoms with Crippen LogP contribution in [0.5, 0.6) is 0 Å². The van der Waals surface area contributed by atoms with Gasteiger partial charge < -0.3 is 9.72 Å². The lowest BCUT2D eigenvalue weighted by molar-refractivity contribution is -0.111. The van der Waals surface area contributed by atoms with E-state index in [0.717, 1.165) is 11.2 Å². The average Bonchev–Trinajstić information content (AvgIpc) is 2.95. The van der Waals surface area contributed by atoms with Gasteiger partial charge in [0, 0.05) is 12.3 Å². The van der Waals surface area contributed by atoms with E-state index in [9.17, 15) is 4.79 Å². The molecule has 0 radical (unpaired) electrons. The SMILES string of the molecule is CC(C)c1ccc(/C=C/C(=O)Nc2cn3ccccc3n2)cc1. The van der Waals surface area contributed by atoms with Crippen LogP contribution in [0.25, 0.3) is 11.7 Å². The molecule has 0 fully saturated rings. The van der Waals surface area contributed by atoms with Gasteiger partial charge in [-0.15, -0.1) is 0 Å². The molecule has 2 aromatic heterocycles. The van der Waals surface area contributed by atoms with Crippen LogP contribution in [0.2, 0.25) is 0 Å². The normalized spacial score (nSPS) is 11.4. The van der Waals surface area contributed by atoms with Crippen LogP contribution in [0.15, 0.2) is 60.9 Å². The predicted molar refractivity (Wildman–Crippen MR) is 93.4 cm³/mol. The Morgan fingerprint density at radius 3 is 2.65 bits per heavy atom. The molecular formula is C19H19N3O. The summed E-state index contributed by atoms with van der Waals surface area (Å²) in [5, 5.41) is 2.77. The van der Waals surface area contributed by atoms with E-state index in [2.05, 4.69) is 36.3 Å². The highest BCUT2D eigenvalue weighted by Gasteiger charge is 2.03. The van der Waals surface area contributed by atoms with Gasteiger partial charge in [-0.2, -0.15) is 0 Å². The molecule has 4 nitrogen and oxygen atoms in total. The average molecular weight is 305 g/mol. The van der Waals surface area contributed by atoms with Crippen LogP contribution in [0.3, 0.4) is 0 Å². The zero-order chi connectivity index (χ0) is 16.2. The first-order chi connectivity index (χ1) is 11.1. The Bertz CT molecular complexity index is 811. The molecule has 1 amide bonds. The molecule has 2 heterocycles. The number of anilines is 1. The summed E-state index contributed by atoms with van der Waals surface area (Å²) in [4.78, 5) is 16.3. The van der Waals surface area contributed by atoms with Crippen molar-refractivity contribution in [2.75, 3.05) is 5.32 Å². The highest BCUT2D eigenvalue weighted by Crippen LogP contribution is 2.15. The summed E-state index contributed by atoms with van der Waals surface area (Å²) >= 11 is 0. The zero-order valence-corrected chi connectivity index (χ0v) is 13.2. The second-order valence-corrected chi connectivity index (χ2v) is 5.74. The number of amides is 1. The maximum atomic E-state index is 12.0. The summed E-state index contributed by atoms with van der Waals surface area (Å²) in [6.45, 7) is 4.32.